The Morgan fingerprint density at radius 2 is 1.54 bits per heavy atom. The molecule has 3 N–H and O–H groups in total. The molecule has 1 aliphatic rings. The summed E-state index contributed by atoms with van der Waals surface area (Å²) in [5.74, 6) is -1.19. The number of nitrogens with zero attached hydrogens (tertiary/aromatic N) is 1. The van der Waals surface area contributed by atoms with E-state index in [1.165, 1.54) is 6.92 Å². The second kappa shape index (κ2) is 7.51. The normalized spacial score (nSPS) is 18.6. The summed E-state index contributed by atoms with van der Waals surface area (Å²) in [5, 5.41) is 7.91. The van der Waals surface area contributed by atoms with E-state index in [1.807, 2.05) is 6.07 Å². The van der Waals surface area contributed by atoms with E-state index in [4.69, 9.17) is 0 Å². The van der Waals surface area contributed by atoms with Gasteiger partial charge in [-0.15, -0.1) is 0 Å². The summed E-state index contributed by atoms with van der Waals surface area (Å²) in [5.41, 5.74) is 0.513. The van der Waals surface area contributed by atoms with Crippen molar-refractivity contribution in [2.75, 3.05) is 17.2 Å². The molecule has 0 saturated carbocycles. The smallest absolute Gasteiger partial charge is 0.325 e. The number of hydrogen-bond acceptors (Lipinski definition) is 4. The van der Waals surface area contributed by atoms with Crippen LogP contribution in [0.25, 0.3) is 0 Å². The minimum absolute atomic E-state index is 0.197. The third kappa shape index (κ3) is 3.85. The van der Waals surface area contributed by atoms with Crippen molar-refractivity contribution in [2.45, 2.75) is 19.4 Å². The van der Waals surface area contributed by atoms with Gasteiger partial charge in [-0.3, -0.25) is 19.3 Å². The van der Waals surface area contributed by atoms with Crippen LogP contribution in [-0.2, 0) is 19.9 Å². The molecule has 1 atom stereocenters. The topological polar surface area (TPSA) is 108 Å². The highest BCUT2D eigenvalue weighted by Crippen LogP contribution is 2.28. The maximum Gasteiger partial charge on any atom is 0.325 e. The first-order valence-electron chi connectivity index (χ1n) is 8.67. The van der Waals surface area contributed by atoms with Gasteiger partial charge in [0.25, 0.3) is 5.91 Å². The Bertz CT molecular complexity index is 927. The van der Waals surface area contributed by atoms with Crippen LogP contribution < -0.4 is 16.0 Å². The lowest BCUT2D eigenvalue weighted by Crippen LogP contribution is -2.42. The molecule has 8 nitrogen and oxygen atoms in total. The number of anilines is 2. The molecule has 8 heteroatoms. The van der Waals surface area contributed by atoms with Crippen LogP contribution in [0.15, 0.2) is 54.6 Å². The fourth-order valence-electron chi connectivity index (χ4n) is 2.99. The molecule has 144 valence electrons. The van der Waals surface area contributed by atoms with E-state index in [2.05, 4.69) is 16.0 Å². The predicted octanol–water partition coefficient (Wildman–Crippen LogP) is 2.05. The van der Waals surface area contributed by atoms with Gasteiger partial charge in [0.15, 0.2) is 0 Å². The largest absolute Gasteiger partial charge is 0.326 e. The van der Waals surface area contributed by atoms with Crippen LogP contribution in [0.5, 0.6) is 0 Å². The zero-order valence-electron chi connectivity index (χ0n) is 15.5. The number of urea groups is 1. The third-order valence-electron chi connectivity index (χ3n) is 4.42. The molecule has 0 aromatic heterocycles. The van der Waals surface area contributed by atoms with Gasteiger partial charge >= 0.3 is 6.03 Å². The summed E-state index contributed by atoms with van der Waals surface area (Å²) in [6, 6.07) is 14.8. The quantitative estimate of drug-likeness (QED) is 0.690. The first-order chi connectivity index (χ1) is 13.3. The Labute approximate surface area is 161 Å². The molecule has 2 aromatic carbocycles. The minimum Gasteiger partial charge on any atom is -0.326 e. The molecule has 1 heterocycles. The number of carbonyl (C=O) groups excluding carboxylic acids is 4. The molecule has 0 aliphatic carbocycles. The highest BCUT2D eigenvalue weighted by molar-refractivity contribution is 6.10. The summed E-state index contributed by atoms with van der Waals surface area (Å²) in [6.07, 6.45) is 0. The van der Waals surface area contributed by atoms with Gasteiger partial charge in [0.2, 0.25) is 11.8 Å². The van der Waals surface area contributed by atoms with Crippen LogP contribution in [0.1, 0.15) is 19.4 Å². The van der Waals surface area contributed by atoms with Gasteiger partial charge in [0.05, 0.1) is 0 Å². The standard InChI is InChI=1S/C20H20N4O4/c1-13(25)21-15-8-10-16(11-9-15)22-17(26)12-24-18(27)20(2,23-19(24)28)14-6-4-3-5-7-14/h3-11H,12H2,1-2H3,(H,21,25)(H,22,26)(H,23,28)/t20-/m0/s1. The molecule has 0 radical (unpaired) electrons. The van der Waals surface area contributed by atoms with Gasteiger partial charge in [-0.05, 0) is 36.8 Å². The van der Waals surface area contributed by atoms with Crippen LogP contribution in [0.4, 0.5) is 16.2 Å². The van der Waals surface area contributed by atoms with Crippen molar-refractivity contribution in [1.29, 1.82) is 0 Å². The fourth-order valence-corrected chi connectivity index (χ4v) is 2.99. The van der Waals surface area contributed by atoms with E-state index in [0.717, 1.165) is 4.90 Å². The molecule has 0 unspecified atom stereocenters. The van der Waals surface area contributed by atoms with Crippen LogP contribution >= 0.6 is 0 Å². The van der Waals surface area contributed by atoms with E-state index < -0.39 is 29.9 Å². The van der Waals surface area contributed by atoms with E-state index >= 15 is 0 Å². The van der Waals surface area contributed by atoms with E-state index in [9.17, 15) is 19.2 Å². The molecule has 0 bridgehead atoms. The zero-order valence-corrected chi connectivity index (χ0v) is 15.5. The van der Waals surface area contributed by atoms with Gasteiger partial charge < -0.3 is 16.0 Å². The molecule has 28 heavy (non-hydrogen) atoms. The summed E-state index contributed by atoms with van der Waals surface area (Å²) in [4.78, 5) is 49.3. The second-order valence-electron chi connectivity index (χ2n) is 6.62. The van der Waals surface area contributed by atoms with Crippen LogP contribution in [-0.4, -0.2) is 35.2 Å². The number of hydrogen-bond donors (Lipinski definition) is 3. The highest BCUT2D eigenvalue weighted by Gasteiger charge is 2.49. The number of benzene rings is 2. The van der Waals surface area contributed by atoms with Crippen molar-refractivity contribution < 1.29 is 19.2 Å². The Hall–Kier alpha value is -3.68. The lowest BCUT2D eigenvalue weighted by atomic mass is 9.92. The lowest BCUT2D eigenvalue weighted by Gasteiger charge is -2.22. The molecular weight excluding hydrogens is 360 g/mol. The molecular formula is C20H20N4O4. The molecule has 1 fully saturated rings. The molecule has 5 amide bonds. The van der Waals surface area contributed by atoms with E-state index in [0.29, 0.717) is 16.9 Å². The van der Waals surface area contributed by atoms with Gasteiger partial charge in [-0.2, -0.15) is 0 Å². The second-order valence-corrected chi connectivity index (χ2v) is 6.62. The van der Waals surface area contributed by atoms with Crippen LogP contribution in [0, 0.1) is 0 Å². The van der Waals surface area contributed by atoms with Gasteiger partial charge in [-0.1, -0.05) is 30.3 Å². The van der Waals surface area contributed by atoms with Crippen molar-refractivity contribution in [1.82, 2.24) is 10.2 Å². The van der Waals surface area contributed by atoms with Gasteiger partial charge in [0, 0.05) is 18.3 Å². The van der Waals surface area contributed by atoms with Crippen molar-refractivity contribution in [3.05, 3.63) is 60.2 Å². The van der Waals surface area contributed by atoms with Crippen molar-refractivity contribution in [3.63, 3.8) is 0 Å². The molecule has 1 saturated heterocycles. The fraction of sp³-hybridized carbons (Fsp3) is 0.200. The van der Waals surface area contributed by atoms with E-state index in [-0.39, 0.29) is 5.91 Å². The number of imide groups is 1. The summed E-state index contributed by atoms with van der Waals surface area (Å²) >= 11 is 0. The third-order valence-corrected chi connectivity index (χ3v) is 4.42. The number of amides is 5. The first-order valence-corrected chi connectivity index (χ1v) is 8.67. The lowest BCUT2D eigenvalue weighted by molar-refractivity contribution is -0.133. The monoisotopic (exact) mass is 380 g/mol. The van der Waals surface area contributed by atoms with Crippen molar-refractivity contribution in [2.24, 2.45) is 0 Å². The Morgan fingerprint density at radius 1 is 0.964 bits per heavy atom. The Morgan fingerprint density at radius 3 is 2.11 bits per heavy atom. The molecule has 0 spiro atoms. The predicted molar refractivity (Wildman–Crippen MR) is 103 cm³/mol. The van der Waals surface area contributed by atoms with Crippen molar-refractivity contribution in [3.8, 4) is 0 Å². The average molecular weight is 380 g/mol. The maximum absolute atomic E-state index is 12.8. The maximum atomic E-state index is 12.8. The first kappa shape index (κ1) is 19.1. The number of carbonyl (C=O) groups is 4. The Kier molecular flexibility index (Phi) is 5.12. The zero-order chi connectivity index (χ0) is 20.3. The van der Waals surface area contributed by atoms with Crippen LogP contribution in [0.2, 0.25) is 0 Å². The summed E-state index contributed by atoms with van der Waals surface area (Å²) in [6.45, 7) is 2.61. The summed E-state index contributed by atoms with van der Waals surface area (Å²) < 4.78 is 0. The molecule has 1 aliphatic heterocycles. The molecule has 2 aromatic rings. The molecule has 3 rings (SSSR count). The van der Waals surface area contributed by atoms with Gasteiger partial charge in [-0.25, -0.2) is 4.79 Å². The summed E-state index contributed by atoms with van der Waals surface area (Å²) in [7, 11) is 0. The van der Waals surface area contributed by atoms with Gasteiger partial charge in [0.1, 0.15) is 12.1 Å². The van der Waals surface area contributed by atoms with Crippen LogP contribution in [0.3, 0.4) is 0 Å². The minimum atomic E-state index is -1.21. The highest BCUT2D eigenvalue weighted by atomic mass is 16.2. The number of rotatable bonds is 5. The Balaban J connectivity index is 1.66. The number of nitrogens with one attached hydrogen (secondary N) is 3. The van der Waals surface area contributed by atoms with Crippen molar-refractivity contribution >= 4 is 35.1 Å². The SMILES string of the molecule is CC(=O)Nc1ccc(NC(=O)CN2C(=O)N[C@@](C)(c3ccccc3)C2=O)cc1. The van der Waals surface area contributed by atoms with E-state index in [1.54, 1.807) is 55.5 Å². The average Bonchev–Trinajstić information content (AvgIpc) is 2.88.